The summed E-state index contributed by atoms with van der Waals surface area (Å²) in [5.41, 5.74) is 5.71. The van der Waals surface area contributed by atoms with Crippen LogP contribution in [0, 0.1) is 33.4 Å². The molecule has 0 nitrogen and oxygen atoms in total. The van der Waals surface area contributed by atoms with Crippen LogP contribution in [0.5, 0.6) is 0 Å². The first kappa shape index (κ1) is 12.4. The highest BCUT2D eigenvalue weighted by atomic mass is 14.1. The Balaban J connectivity index is 2.02. The van der Waals surface area contributed by atoms with Gasteiger partial charge in [-0.3, -0.25) is 0 Å². The van der Waals surface area contributed by atoms with Crippen molar-refractivity contribution in [2.75, 3.05) is 0 Å². The van der Waals surface area contributed by atoms with E-state index >= 15 is 0 Å². The second-order valence-corrected chi connectivity index (χ2v) is 8.57. The third-order valence-electron chi connectivity index (χ3n) is 5.07. The summed E-state index contributed by atoms with van der Waals surface area (Å²) < 4.78 is 71.1. The van der Waals surface area contributed by atoms with E-state index < -0.39 is 20.6 Å². The van der Waals surface area contributed by atoms with Crippen molar-refractivity contribution in [3.63, 3.8) is 0 Å². The Bertz CT molecular complexity index is 1260. The molecule has 0 aliphatic rings. The molecule has 0 heteroatoms. The van der Waals surface area contributed by atoms with Crippen LogP contribution in [-0.4, -0.2) is 0 Å². The standard InChI is InChI=1S/C29H36/c1-20(2)7-8-25-10-23(5)13-27(16-25)18-29-15-24(6)14-28(19-29)17-26-11-21(3)9-22(4)12-26/h9-16,19-20H,7-8,17-18H2,1-6H3/i3D3,5D3,6D3. The van der Waals surface area contributed by atoms with Crippen LogP contribution in [0.15, 0.2) is 54.6 Å². The fourth-order valence-electron chi connectivity index (χ4n) is 3.87. The molecule has 0 saturated carbocycles. The number of aryl methyl sites for hydroxylation is 5. The van der Waals surface area contributed by atoms with Crippen LogP contribution in [0.4, 0.5) is 0 Å². The summed E-state index contributed by atoms with van der Waals surface area (Å²) in [5, 5.41) is 0. The van der Waals surface area contributed by atoms with E-state index in [0.717, 1.165) is 46.2 Å². The zero-order chi connectivity index (χ0) is 28.5. The van der Waals surface area contributed by atoms with Gasteiger partial charge in [0.1, 0.15) is 0 Å². The highest BCUT2D eigenvalue weighted by Crippen LogP contribution is 2.21. The molecule has 0 spiro atoms. The van der Waals surface area contributed by atoms with Gasteiger partial charge < -0.3 is 0 Å². The van der Waals surface area contributed by atoms with Crippen molar-refractivity contribution in [1.29, 1.82) is 0 Å². The Kier molecular flexibility index (Phi) is 4.03. The van der Waals surface area contributed by atoms with E-state index in [1.54, 1.807) is 36.4 Å². The van der Waals surface area contributed by atoms with Crippen LogP contribution in [-0.2, 0) is 19.3 Å². The van der Waals surface area contributed by atoms with Crippen LogP contribution >= 0.6 is 0 Å². The SMILES string of the molecule is [2H]C([2H])([2H])c1cc(C)cc(Cc2cc(Cc3cc(CCC(C)C)cc(C([2H])([2H])[2H])c3)cc(C([2H])([2H])[2H])c2)c1. The molecule has 29 heavy (non-hydrogen) atoms. The van der Waals surface area contributed by atoms with Gasteiger partial charge in [0.25, 0.3) is 0 Å². The smallest absolute Gasteiger partial charge is 0.0280 e. The molecule has 0 bridgehead atoms. The number of hydrogen-bond acceptors (Lipinski definition) is 0. The molecule has 3 aromatic rings. The maximum atomic E-state index is 8.01. The highest BCUT2D eigenvalue weighted by molar-refractivity contribution is 5.39. The van der Waals surface area contributed by atoms with Gasteiger partial charge in [0.15, 0.2) is 0 Å². The van der Waals surface area contributed by atoms with E-state index in [4.69, 9.17) is 12.3 Å². The lowest BCUT2D eigenvalue weighted by atomic mass is 9.93. The van der Waals surface area contributed by atoms with Crippen molar-refractivity contribution in [1.82, 2.24) is 0 Å². The first-order valence-corrected chi connectivity index (χ1v) is 10.3. The summed E-state index contributed by atoms with van der Waals surface area (Å²) in [6.45, 7) is -0.674. The van der Waals surface area contributed by atoms with Gasteiger partial charge in [0, 0.05) is 12.3 Å². The lowest BCUT2D eigenvalue weighted by molar-refractivity contribution is 0.586. The lowest BCUT2D eigenvalue weighted by Gasteiger charge is -2.12. The van der Waals surface area contributed by atoms with E-state index in [-0.39, 0.29) is 16.7 Å². The molecule has 0 unspecified atom stereocenters. The number of rotatable bonds is 7. The number of hydrogen-bond donors (Lipinski definition) is 0. The zero-order valence-electron chi connectivity index (χ0n) is 26.6. The molecule has 0 aliphatic heterocycles. The summed E-state index contributed by atoms with van der Waals surface area (Å²) in [6, 6.07) is 15.9. The molecule has 3 aromatic carbocycles. The van der Waals surface area contributed by atoms with E-state index in [0.29, 0.717) is 18.8 Å². The fraction of sp³-hybridized carbons (Fsp3) is 0.379. The van der Waals surface area contributed by atoms with Gasteiger partial charge in [-0.15, -0.1) is 0 Å². The average Bonchev–Trinajstić information content (AvgIpc) is 2.75. The van der Waals surface area contributed by atoms with Gasteiger partial charge in [0.2, 0.25) is 0 Å². The van der Waals surface area contributed by atoms with Gasteiger partial charge in [-0.25, -0.2) is 0 Å². The maximum absolute atomic E-state index is 8.01. The monoisotopic (exact) mass is 393 g/mol. The summed E-state index contributed by atoms with van der Waals surface area (Å²) in [4.78, 5) is 0. The second-order valence-electron chi connectivity index (χ2n) is 8.57. The molecular weight excluding hydrogens is 348 g/mol. The fourth-order valence-corrected chi connectivity index (χ4v) is 3.87. The molecule has 0 amide bonds. The summed E-state index contributed by atoms with van der Waals surface area (Å²) in [7, 11) is 0. The summed E-state index contributed by atoms with van der Waals surface area (Å²) in [5.74, 6) is 0.487. The maximum Gasteiger partial charge on any atom is 0.0280 e. The normalized spacial score (nSPS) is 17.2. The van der Waals surface area contributed by atoms with E-state index in [1.807, 2.05) is 25.1 Å². The molecule has 0 saturated heterocycles. The molecule has 0 fully saturated rings. The van der Waals surface area contributed by atoms with Crippen LogP contribution < -0.4 is 0 Å². The quantitative estimate of drug-likeness (QED) is 0.386. The first-order valence-electron chi connectivity index (χ1n) is 14.8. The predicted octanol–water partition coefficient (Wildman–Crippen LogP) is 7.69. The lowest BCUT2D eigenvalue weighted by Crippen LogP contribution is -1.98. The largest absolute Gasteiger partial charge is 0.0628 e. The van der Waals surface area contributed by atoms with Crippen molar-refractivity contribution >= 4 is 0 Å². The Morgan fingerprint density at radius 2 is 1.00 bits per heavy atom. The molecule has 0 radical (unpaired) electrons. The molecule has 0 heterocycles. The van der Waals surface area contributed by atoms with Gasteiger partial charge >= 0.3 is 0 Å². The molecule has 0 aromatic heterocycles. The Morgan fingerprint density at radius 3 is 1.52 bits per heavy atom. The second kappa shape index (κ2) is 9.44. The molecular formula is C29H36. The first-order chi connectivity index (χ1) is 17.4. The number of benzene rings is 3. The third kappa shape index (κ3) is 6.60. The molecule has 0 aliphatic carbocycles. The Labute approximate surface area is 190 Å². The van der Waals surface area contributed by atoms with Gasteiger partial charge in [0.05, 0.1) is 0 Å². The zero-order valence-corrected chi connectivity index (χ0v) is 17.6. The minimum Gasteiger partial charge on any atom is -0.0628 e. The average molecular weight is 394 g/mol. The van der Waals surface area contributed by atoms with Crippen LogP contribution in [0.2, 0.25) is 0 Å². The van der Waals surface area contributed by atoms with Gasteiger partial charge in [-0.1, -0.05) is 90.7 Å². The van der Waals surface area contributed by atoms with Crippen molar-refractivity contribution in [3.8, 4) is 0 Å². The van der Waals surface area contributed by atoms with Crippen molar-refractivity contribution in [3.05, 3.63) is 105 Å². The highest BCUT2D eigenvalue weighted by Gasteiger charge is 2.06. The van der Waals surface area contributed by atoms with Crippen molar-refractivity contribution < 1.29 is 12.3 Å². The predicted molar refractivity (Wildman–Crippen MR) is 127 cm³/mol. The minimum absolute atomic E-state index is 0.209. The topological polar surface area (TPSA) is 0 Å². The van der Waals surface area contributed by atoms with E-state index in [1.165, 1.54) is 0 Å². The Morgan fingerprint density at radius 1 is 0.586 bits per heavy atom. The van der Waals surface area contributed by atoms with Gasteiger partial charge in [-0.05, 0) is 86.9 Å². The van der Waals surface area contributed by atoms with Crippen LogP contribution in [0.25, 0.3) is 0 Å². The summed E-state index contributed by atoms with van der Waals surface area (Å²) >= 11 is 0. The molecule has 0 atom stereocenters. The van der Waals surface area contributed by atoms with Crippen LogP contribution in [0.3, 0.4) is 0 Å². The summed E-state index contributed by atoms with van der Waals surface area (Å²) in [6.07, 6.45) is 2.49. The third-order valence-corrected chi connectivity index (χ3v) is 5.07. The van der Waals surface area contributed by atoms with Gasteiger partial charge in [-0.2, -0.15) is 0 Å². The van der Waals surface area contributed by atoms with E-state index in [2.05, 4.69) is 13.8 Å². The molecule has 3 rings (SSSR count). The van der Waals surface area contributed by atoms with Crippen molar-refractivity contribution in [2.24, 2.45) is 5.92 Å². The van der Waals surface area contributed by atoms with Crippen molar-refractivity contribution in [2.45, 2.75) is 67.0 Å². The molecule has 0 N–H and O–H groups in total. The van der Waals surface area contributed by atoms with E-state index in [9.17, 15) is 0 Å². The Hall–Kier alpha value is -2.34. The van der Waals surface area contributed by atoms with Crippen LogP contribution in [0.1, 0.15) is 82.7 Å². The molecule has 152 valence electrons. The minimum atomic E-state index is -2.32.